The highest BCUT2D eigenvalue weighted by Gasteiger charge is 2.29. The first-order chi connectivity index (χ1) is 15.5. The molecule has 0 aromatic heterocycles. The van der Waals surface area contributed by atoms with E-state index in [0.717, 1.165) is 21.2 Å². The highest BCUT2D eigenvalue weighted by atomic mass is 79.9. The van der Waals surface area contributed by atoms with Crippen molar-refractivity contribution in [1.29, 1.82) is 0 Å². The Labute approximate surface area is 214 Å². The summed E-state index contributed by atoms with van der Waals surface area (Å²) in [5, 5.41) is 3.78. The third-order valence-electron chi connectivity index (χ3n) is 5.18. The van der Waals surface area contributed by atoms with Crippen LogP contribution in [-0.4, -0.2) is 35.9 Å². The molecule has 0 fully saturated rings. The zero-order valence-corrected chi connectivity index (χ0v) is 22.8. The molecular formula is C25H31BrCl2N2O3. The van der Waals surface area contributed by atoms with Crippen molar-refractivity contribution in [2.24, 2.45) is 5.92 Å². The van der Waals surface area contributed by atoms with E-state index in [4.69, 9.17) is 27.9 Å². The van der Waals surface area contributed by atoms with Gasteiger partial charge in [0, 0.05) is 17.6 Å². The minimum Gasteiger partial charge on any atom is -0.484 e. The fourth-order valence-electron chi connectivity index (χ4n) is 3.39. The SMILES string of the molecule is CC[C@H](C(=O)NCC(C)C)N(Cc1ccc(Cl)c(Cl)c1)C(=O)COc1cc(C)c(Br)c(C)c1. The van der Waals surface area contributed by atoms with Gasteiger partial charge in [-0.1, -0.05) is 66.0 Å². The van der Waals surface area contributed by atoms with Gasteiger partial charge in [0.2, 0.25) is 5.91 Å². The third-order valence-corrected chi connectivity index (χ3v) is 7.17. The number of ether oxygens (including phenoxy) is 1. The Hall–Kier alpha value is -1.76. The normalized spacial score (nSPS) is 11.9. The van der Waals surface area contributed by atoms with Gasteiger partial charge in [0.25, 0.3) is 5.91 Å². The van der Waals surface area contributed by atoms with Gasteiger partial charge in [-0.25, -0.2) is 0 Å². The van der Waals surface area contributed by atoms with Crippen LogP contribution in [0.25, 0.3) is 0 Å². The Morgan fingerprint density at radius 2 is 1.73 bits per heavy atom. The molecule has 2 aromatic carbocycles. The van der Waals surface area contributed by atoms with Crippen LogP contribution in [0.2, 0.25) is 10.0 Å². The van der Waals surface area contributed by atoms with Crippen molar-refractivity contribution in [2.75, 3.05) is 13.2 Å². The van der Waals surface area contributed by atoms with E-state index < -0.39 is 6.04 Å². The summed E-state index contributed by atoms with van der Waals surface area (Å²) in [5.74, 6) is 0.437. The largest absolute Gasteiger partial charge is 0.484 e. The van der Waals surface area contributed by atoms with Gasteiger partial charge in [-0.3, -0.25) is 9.59 Å². The summed E-state index contributed by atoms with van der Waals surface area (Å²) in [7, 11) is 0. The minimum atomic E-state index is -0.636. The lowest BCUT2D eigenvalue weighted by atomic mass is 10.1. The molecule has 0 radical (unpaired) electrons. The summed E-state index contributed by atoms with van der Waals surface area (Å²) >= 11 is 15.8. The zero-order chi connectivity index (χ0) is 24.7. The van der Waals surface area contributed by atoms with Crippen LogP contribution in [0.1, 0.15) is 43.9 Å². The van der Waals surface area contributed by atoms with Crippen molar-refractivity contribution in [1.82, 2.24) is 10.2 Å². The summed E-state index contributed by atoms with van der Waals surface area (Å²) in [6.07, 6.45) is 0.466. The topological polar surface area (TPSA) is 58.6 Å². The maximum absolute atomic E-state index is 13.3. The number of rotatable bonds is 10. The molecule has 1 atom stereocenters. The fourth-order valence-corrected chi connectivity index (χ4v) is 3.94. The predicted octanol–water partition coefficient (Wildman–Crippen LogP) is 6.33. The molecule has 0 bridgehead atoms. The molecule has 2 rings (SSSR count). The number of halogens is 3. The highest BCUT2D eigenvalue weighted by molar-refractivity contribution is 9.10. The lowest BCUT2D eigenvalue weighted by Crippen LogP contribution is -2.50. The van der Waals surface area contributed by atoms with Gasteiger partial charge in [0.15, 0.2) is 6.61 Å². The number of hydrogen-bond donors (Lipinski definition) is 1. The molecule has 33 heavy (non-hydrogen) atoms. The number of nitrogens with zero attached hydrogens (tertiary/aromatic N) is 1. The maximum atomic E-state index is 13.3. The van der Waals surface area contributed by atoms with E-state index in [1.54, 1.807) is 23.1 Å². The molecule has 1 N–H and O–H groups in total. The zero-order valence-electron chi connectivity index (χ0n) is 19.7. The molecule has 5 nitrogen and oxygen atoms in total. The number of nitrogens with one attached hydrogen (secondary N) is 1. The van der Waals surface area contributed by atoms with Crippen molar-refractivity contribution in [3.63, 3.8) is 0 Å². The van der Waals surface area contributed by atoms with E-state index in [9.17, 15) is 9.59 Å². The summed E-state index contributed by atoms with van der Waals surface area (Å²) in [6, 6.07) is 8.31. The first-order valence-corrected chi connectivity index (χ1v) is 12.5. The second-order valence-corrected chi connectivity index (χ2v) is 10.1. The molecule has 0 unspecified atom stereocenters. The summed E-state index contributed by atoms with van der Waals surface area (Å²) in [4.78, 5) is 27.8. The van der Waals surface area contributed by atoms with Crippen LogP contribution in [0.5, 0.6) is 5.75 Å². The standard InChI is InChI=1S/C25H31BrCl2N2O3/c1-6-22(25(32)29-12-15(2)3)30(13-18-7-8-20(27)21(28)11-18)23(31)14-33-19-9-16(4)24(26)17(5)10-19/h7-11,15,22H,6,12-14H2,1-5H3,(H,29,32)/t22-/m1/s1. The molecule has 8 heteroatoms. The van der Waals surface area contributed by atoms with Crippen LogP contribution in [0.4, 0.5) is 0 Å². The quantitative estimate of drug-likeness (QED) is 0.371. The van der Waals surface area contributed by atoms with Gasteiger partial charge in [0.1, 0.15) is 11.8 Å². The van der Waals surface area contributed by atoms with E-state index in [1.807, 2.05) is 46.8 Å². The van der Waals surface area contributed by atoms with E-state index in [-0.39, 0.29) is 25.0 Å². The smallest absolute Gasteiger partial charge is 0.261 e. The Bertz CT molecular complexity index is 975. The summed E-state index contributed by atoms with van der Waals surface area (Å²) in [6.45, 7) is 10.4. The summed E-state index contributed by atoms with van der Waals surface area (Å²) < 4.78 is 6.84. The molecule has 0 aliphatic heterocycles. The van der Waals surface area contributed by atoms with Crippen molar-refractivity contribution >= 4 is 50.9 Å². The van der Waals surface area contributed by atoms with Gasteiger partial charge in [-0.2, -0.15) is 0 Å². The lowest BCUT2D eigenvalue weighted by molar-refractivity contribution is -0.143. The molecule has 0 saturated carbocycles. The van der Waals surface area contributed by atoms with Gasteiger partial charge in [0.05, 0.1) is 10.0 Å². The second kappa shape index (κ2) is 12.6. The first-order valence-electron chi connectivity index (χ1n) is 10.9. The van der Waals surface area contributed by atoms with Gasteiger partial charge in [-0.05, 0) is 67.1 Å². The van der Waals surface area contributed by atoms with Gasteiger partial charge in [-0.15, -0.1) is 0 Å². The van der Waals surface area contributed by atoms with Crippen LogP contribution < -0.4 is 10.1 Å². The van der Waals surface area contributed by atoms with Crippen molar-refractivity contribution in [3.8, 4) is 5.75 Å². The van der Waals surface area contributed by atoms with Crippen molar-refractivity contribution in [2.45, 2.75) is 53.6 Å². The fraction of sp³-hybridized carbons (Fsp3) is 0.440. The van der Waals surface area contributed by atoms with E-state index in [2.05, 4.69) is 21.2 Å². The second-order valence-electron chi connectivity index (χ2n) is 8.49. The lowest BCUT2D eigenvalue weighted by Gasteiger charge is -2.31. The monoisotopic (exact) mass is 556 g/mol. The van der Waals surface area contributed by atoms with Crippen molar-refractivity contribution < 1.29 is 14.3 Å². The number of hydrogen-bond acceptors (Lipinski definition) is 3. The van der Waals surface area contributed by atoms with Crippen LogP contribution in [0.15, 0.2) is 34.8 Å². The molecule has 2 amide bonds. The number of carbonyl (C=O) groups excluding carboxylic acids is 2. The minimum absolute atomic E-state index is 0.185. The van der Waals surface area contributed by atoms with Gasteiger partial charge >= 0.3 is 0 Å². The van der Waals surface area contributed by atoms with E-state index in [1.165, 1.54) is 0 Å². The van der Waals surface area contributed by atoms with Gasteiger partial charge < -0.3 is 15.0 Å². The predicted molar refractivity (Wildman–Crippen MR) is 138 cm³/mol. The van der Waals surface area contributed by atoms with E-state index in [0.29, 0.717) is 34.7 Å². The summed E-state index contributed by atoms with van der Waals surface area (Å²) in [5.41, 5.74) is 2.82. The molecule has 2 aromatic rings. The van der Waals surface area contributed by atoms with Crippen LogP contribution in [0.3, 0.4) is 0 Å². The average Bonchev–Trinajstić information content (AvgIpc) is 2.76. The molecule has 0 aliphatic carbocycles. The molecule has 0 saturated heterocycles. The number of carbonyl (C=O) groups is 2. The van der Waals surface area contributed by atoms with Crippen LogP contribution >= 0.6 is 39.1 Å². The maximum Gasteiger partial charge on any atom is 0.261 e. The number of aryl methyl sites for hydroxylation is 2. The Morgan fingerprint density at radius 3 is 2.27 bits per heavy atom. The Morgan fingerprint density at radius 1 is 1.09 bits per heavy atom. The molecule has 180 valence electrons. The Kier molecular flexibility index (Phi) is 10.5. The third kappa shape index (κ3) is 7.90. The van der Waals surface area contributed by atoms with E-state index >= 15 is 0 Å². The molecule has 0 heterocycles. The Balaban J connectivity index is 2.26. The van der Waals surface area contributed by atoms with Crippen molar-refractivity contribution in [3.05, 3.63) is 61.5 Å². The van der Waals surface area contributed by atoms with Crippen LogP contribution in [0, 0.1) is 19.8 Å². The number of benzene rings is 2. The number of amides is 2. The average molecular weight is 558 g/mol. The highest BCUT2D eigenvalue weighted by Crippen LogP contribution is 2.27. The molecular weight excluding hydrogens is 527 g/mol. The van der Waals surface area contributed by atoms with Crippen LogP contribution in [-0.2, 0) is 16.1 Å². The first kappa shape index (κ1) is 27.5. The molecule has 0 aliphatic rings. The molecule has 0 spiro atoms.